The molecule has 0 spiro atoms. The maximum atomic E-state index is 12.2. The van der Waals surface area contributed by atoms with Gasteiger partial charge in [-0.3, -0.25) is 4.79 Å². The first kappa shape index (κ1) is 13.8. The fraction of sp³-hybridized carbons (Fsp3) is 0.923. The van der Waals surface area contributed by atoms with Gasteiger partial charge >= 0.3 is 0 Å². The van der Waals surface area contributed by atoms with Crippen LogP contribution in [0.1, 0.15) is 33.1 Å². The molecule has 2 aliphatic rings. The number of hydrogen-bond acceptors (Lipinski definition) is 4. The van der Waals surface area contributed by atoms with Crippen molar-refractivity contribution in [3.8, 4) is 0 Å². The lowest BCUT2D eigenvalue weighted by Crippen LogP contribution is -2.49. The Hall–Kier alpha value is -0.650. The molecule has 0 aromatic rings. The van der Waals surface area contributed by atoms with Gasteiger partial charge in [0.05, 0.1) is 18.7 Å². The Kier molecular flexibility index (Phi) is 4.25. The molecule has 0 radical (unpaired) electrons. The van der Waals surface area contributed by atoms with E-state index in [1.54, 1.807) is 4.90 Å². The van der Waals surface area contributed by atoms with Crippen LogP contribution in [-0.4, -0.2) is 59.9 Å². The van der Waals surface area contributed by atoms with Crippen LogP contribution in [0.15, 0.2) is 0 Å². The first-order valence-electron chi connectivity index (χ1n) is 6.93. The van der Waals surface area contributed by atoms with Gasteiger partial charge in [-0.15, -0.1) is 0 Å². The third-order valence-corrected chi connectivity index (χ3v) is 4.06. The molecule has 3 unspecified atom stereocenters. The van der Waals surface area contributed by atoms with Crippen LogP contribution in [0.3, 0.4) is 0 Å². The number of β-amino-alcohol motifs (C(OH)–C–C–N with tert-alkyl or cyclic N) is 1. The molecule has 2 fully saturated rings. The highest BCUT2D eigenvalue weighted by Gasteiger charge is 2.44. The van der Waals surface area contributed by atoms with E-state index in [0.717, 1.165) is 25.9 Å². The number of carbonyl (C=O) groups is 1. The number of rotatable bonds is 5. The molecule has 0 aromatic heterocycles. The zero-order valence-corrected chi connectivity index (χ0v) is 11.3. The summed E-state index contributed by atoms with van der Waals surface area (Å²) in [5.74, 6) is 0.121. The SMILES string of the molecule is CCCNC1CCN(CC2(O)CCOC2C)C1=O. The molecule has 0 aliphatic carbocycles. The van der Waals surface area contributed by atoms with Gasteiger partial charge < -0.3 is 20.1 Å². The molecule has 104 valence electrons. The van der Waals surface area contributed by atoms with Crippen molar-refractivity contribution in [2.75, 3.05) is 26.2 Å². The van der Waals surface area contributed by atoms with Crippen LogP contribution in [-0.2, 0) is 9.53 Å². The number of ether oxygens (including phenoxy) is 1. The maximum Gasteiger partial charge on any atom is 0.239 e. The molecule has 5 heteroatoms. The van der Waals surface area contributed by atoms with E-state index in [1.807, 2.05) is 6.92 Å². The average molecular weight is 256 g/mol. The molecule has 2 rings (SSSR count). The molecule has 5 nitrogen and oxygen atoms in total. The van der Waals surface area contributed by atoms with E-state index in [4.69, 9.17) is 4.74 Å². The van der Waals surface area contributed by atoms with E-state index in [9.17, 15) is 9.90 Å². The highest BCUT2D eigenvalue weighted by atomic mass is 16.5. The molecule has 0 aromatic carbocycles. The summed E-state index contributed by atoms with van der Waals surface area (Å²) in [4.78, 5) is 13.9. The van der Waals surface area contributed by atoms with Crippen LogP contribution >= 0.6 is 0 Å². The second-order valence-corrected chi connectivity index (χ2v) is 5.42. The van der Waals surface area contributed by atoms with Gasteiger partial charge in [-0.05, 0) is 26.3 Å². The monoisotopic (exact) mass is 256 g/mol. The lowest BCUT2D eigenvalue weighted by molar-refractivity contribution is -0.134. The van der Waals surface area contributed by atoms with Gasteiger partial charge in [0.25, 0.3) is 0 Å². The fourth-order valence-corrected chi connectivity index (χ4v) is 2.71. The van der Waals surface area contributed by atoms with Gasteiger partial charge in [-0.2, -0.15) is 0 Å². The first-order chi connectivity index (χ1) is 8.57. The van der Waals surface area contributed by atoms with Crippen LogP contribution in [0.2, 0.25) is 0 Å². The molecule has 2 saturated heterocycles. The Morgan fingerprint density at radius 1 is 1.61 bits per heavy atom. The summed E-state index contributed by atoms with van der Waals surface area (Å²) >= 11 is 0. The Balaban J connectivity index is 1.89. The second-order valence-electron chi connectivity index (χ2n) is 5.42. The van der Waals surface area contributed by atoms with E-state index < -0.39 is 5.60 Å². The fourth-order valence-electron chi connectivity index (χ4n) is 2.71. The summed E-state index contributed by atoms with van der Waals surface area (Å²) in [7, 11) is 0. The zero-order valence-electron chi connectivity index (χ0n) is 11.3. The minimum absolute atomic E-state index is 0.0637. The van der Waals surface area contributed by atoms with Crippen molar-refractivity contribution in [2.24, 2.45) is 0 Å². The van der Waals surface area contributed by atoms with Crippen LogP contribution in [0.5, 0.6) is 0 Å². The van der Waals surface area contributed by atoms with E-state index in [1.165, 1.54) is 0 Å². The summed E-state index contributed by atoms with van der Waals surface area (Å²) in [6.07, 6.45) is 2.29. The number of nitrogens with zero attached hydrogens (tertiary/aromatic N) is 1. The minimum Gasteiger partial charge on any atom is -0.385 e. The first-order valence-corrected chi connectivity index (χ1v) is 6.93. The second kappa shape index (κ2) is 5.55. The lowest BCUT2D eigenvalue weighted by Gasteiger charge is -2.31. The van der Waals surface area contributed by atoms with Crippen molar-refractivity contribution < 1.29 is 14.6 Å². The Morgan fingerprint density at radius 3 is 3.00 bits per heavy atom. The normalized spacial score (nSPS) is 36.6. The van der Waals surface area contributed by atoms with Crippen molar-refractivity contribution in [3.63, 3.8) is 0 Å². The number of aliphatic hydroxyl groups is 1. The van der Waals surface area contributed by atoms with Crippen molar-refractivity contribution in [3.05, 3.63) is 0 Å². The molecule has 1 amide bonds. The van der Waals surface area contributed by atoms with E-state index >= 15 is 0 Å². The molecule has 3 atom stereocenters. The van der Waals surface area contributed by atoms with Crippen LogP contribution in [0.25, 0.3) is 0 Å². The highest BCUT2D eigenvalue weighted by molar-refractivity contribution is 5.84. The molecule has 0 saturated carbocycles. The van der Waals surface area contributed by atoms with Crippen LogP contribution in [0.4, 0.5) is 0 Å². The number of carbonyl (C=O) groups excluding carboxylic acids is 1. The van der Waals surface area contributed by atoms with Crippen LogP contribution in [0, 0.1) is 0 Å². The van der Waals surface area contributed by atoms with E-state index in [0.29, 0.717) is 19.6 Å². The molecule has 0 bridgehead atoms. The number of nitrogens with one attached hydrogen (secondary N) is 1. The van der Waals surface area contributed by atoms with Crippen molar-refractivity contribution >= 4 is 5.91 Å². The molecule has 2 heterocycles. The van der Waals surface area contributed by atoms with Gasteiger partial charge in [-0.1, -0.05) is 6.92 Å². The third-order valence-electron chi connectivity index (χ3n) is 4.06. The number of amides is 1. The van der Waals surface area contributed by atoms with Gasteiger partial charge in [-0.25, -0.2) is 0 Å². The van der Waals surface area contributed by atoms with Crippen molar-refractivity contribution in [2.45, 2.75) is 50.9 Å². The number of hydrogen-bond donors (Lipinski definition) is 2. The smallest absolute Gasteiger partial charge is 0.239 e. The van der Waals surface area contributed by atoms with Crippen LogP contribution < -0.4 is 5.32 Å². The van der Waals surface area contributed by atoms with Gasteiger partial charge in [0.15, 0.2) is 0 Å². The zero-order chi connectivity index (χ0) is 13.2. The van der Waals surface area contributed by atoms with Crippen molar-refractivity contribution in [1.82, 2.24) is 10.2 Å². The molecular weight excluding hydrogens is 232 g/mol. The largest absolute Gasteiger partial charge is 0.385 e. The molecular formula is C13H24N2O3. The predicted octanol–water partition coefficient (Wildman–Crippen LogP) is 0.127. The predicted molar refractivity (Wildman–Crippen MR) is 68.3 cm³/mol. The maximum absolute atomic E-state index is 12.2. The summed E-state index contributed by atoms with van der Waals surface area (Å²) in [6, 6.07) is -0.0637. The summed E-state index contributed by atoms with van der Waals surface area (Å²) in [5.41, 5.74) is -0.866. The van der Waals surface area contributed by atoms with E-state index in [2.05, 4.69) is 12.2 Å². The van der Waals surface area contributed by atoms with Gasteiger partial charge in [0, 0.05) is 19.6 Å². The average Bonchev–Trinajstić information content (AvgIpc) is 2.84. The minimum atomic E-state index is -0.866. The summed E-state index contributed by atoms with van der Waals surface area (Å²) in [5, 5.41) is 13.7. The lowest BCUT2D eigenvalue weighted by atomic mass is 9.96. The third kappa shape index (κ3) is 2.68. The Morgan fingerprint density at radius 2 is 2.39 bits per heavy atom. The van der Waals surface area contributed by atoms with Gasteiger partial charge in [0.2, 0.25) is 5.91 Å². The number of likely N-dealkylation sites (tertiary alicyclic amines) is 1. The standard InChI is InChI=1S/C13H24N2O3/c1-3-6-14-11-4-7-15(12(11)16)9-13(17)5-8-18-10(13)2/h10-11,14,17H,3-9H2,1-2H3. The summed E-state index contributed by atoms with van der Waals surface area (Å²) in [6.45, 7) is 6.54. The van der Waals surface area contributed by atoms with Gasteiger partial charge in [0.1, 0.15) is 5.60 Å². The highest BCUT2D eigenvalue weighted by Crippen LogP contribution is 2.28. The quantitative estimate of drug-likeness (QED) is 0.734. The Bertz CT molecular complexity index is 311. The van der Waals surface area contributed by atoms with Crippen molar-refractivity contribution in [1.29, 1.82) is 0 Å². The molecule has 2 aliphatic heterocycles. The molecule has 2 N–H and O–H groups in total. The molecule has 18 heavy (non-hydrogen) atoms. The Labute approximate surface area is 108 Å². The topological polar surface area (TPSA) is 61.8 Å². The van der Waals surface area contributed by atoms with E-state index in [-0.39, 0.29) is 18.1 Å². The summed E-state index contributed by atoms with van der Waals surface area (Å²) < 4.78 is 5.40.